The molecule has 1 saturated heterocycles. The number of aromatic nitrogens is 2. The minimum atomic E-state index is -0.407. The highest BCUT2D eigenvalue weighted by Gasteiger charge is 2.19. The quantitative estimate of drug-likeness (QED) is 0.889. The first kappa shape index (κ1) is 18.1. The van der Waals surface area contributed by atoms with Gasteiger partial charge in [0.1, 0.15) is 5.82 Å². The van der Waals surface area contributed by atoms with Crippen LogP contribution in [0, 0.1) is 18.7 Å². The number of halogens is 1. The first-order valence-electron chi connectivity index (χ1n) is 8.78. The normalized spacial score (nSPS) is 17.0. The third kappa shape index (κ3) is 4.91. The largest absolute Gasteiger partial charge is 0.467 e. The van der Waals surface area contributed by atoms with Crippen molar-refractivity contribution in [2.75, 3.05) is 29.9 Å². The van der Waals surface area contributed by atoms with Gasteiger partial charge in [0, 0.05) is 30.5 Å². The van der Waals surface area contributed by atoms with Gasteiger partial charge in [0.25, 0.3) is 5.91 Å². The number of carbonyl (C=O) groups is 1. The van der Waals surface area contributed by atoms with Gasteiger partial charge in [-0.3, -0.25) is 4.79 Å². The van der Waals surface area contributed by atoms with Gasteiger partial charge < -0.3 is 15.0 Å². The van der Waals surface area contributed by atoms with Crippen LogP contribution in [0.25, 0.3) is 0 Å². The molecule has 1 aliphatic heterocycles. The lowest BCUT2D eigenvalue weighted by atomic mass is 10.0. The second-order valence-corrected chi connectivity index (χ2v) is 6.69. The summed E-state index contributed by atoms with van der Waals surface area (Å²) in [6, 6.07) is 7.42. The van der Waals surface area contributed by atoms with Crippen LogP contribution in [0.15, 0.2) is 30.3 Å². The van der Waals surface area contributed by atoms with E-state index in [1.165, 1.54) is 24.6 Å². The zero-order valence-electron chi connectivity index (χ0n) is 15.0. The van der Waals surface area contributed by atoms with Gasteiger partial charge >= 0.3 is 0 Å². The minimum Gasteiger partial charge on any atom is -0.467 e. The highest BCUT2D eigenvalue weighted by atomic mass is 19.1. The Hall–Kier alpha value is -2.70. The predicted molar refractivity (Wildman–Crippen MR) is 97.9 cm³/mol. The number of carbonyl (C=O) groups excluding carboxylic acids is 1. The van der Waals surface area contributed by atoms with Crippen molar-refractivity contribution < 1.29 is 13.9 Å². The third-order valence-electron chi connectivity index (χ3n) is 4.22. The van der Waals surface area contributed by atoms with Gasteiger partial charge in [-0.1, -0.05) is 13.0 Å². The number of hydrogen-bond donors (Lipinski definition) is 1. The maximum absolute atomic E-state index is 13.2. The number of benzene rings is 1. The molecule has 0 aliphatic carbocycles. The number of anilines is 2. The van der Waals surface area contributed by atoms with Crippen LogP contribution in [-0.2, 0) is 4.79 Å². The molecule has 1 aromatic heterocycles. The summed E-state index contributed by atoms with van der Waals surface area (Å²) in [5, 5.41) is 2.59. The molecule has 26 heavy (non-hydrogen) atoms. The molecular formula is C19H23FN4O2. The van der Waals surface area contributed by atoms with Crippen LogP contribution in [0.4, 0.5) is 16.0 Å². The SMILES string of the molecule is Cc1cc(OCC(=O)Nc2cccc(F)c2)nc(N2CCCC(C)C2)n1. The van der Waals surface area contributed by atoms with E-state index in [4.69, 9.17) is 4.74 Å². The van der Waals surface area contributed by atoms with Gasteiger partial charge in [0.05, 0.1) is 0 Å². The molecule has 138 valence electrons. The van der Waals surface area contributed by atoms with E-state index in [9.17, 15) is 9.18 Å². The Labute approximate surface area is 152 Å². The van der Waals surface area contributed by atoms with Crippen LogP contribution < -0.4 is 15.0 Å². The first-order chi connectivity index (χ1) is 12.5. The topological polar surface area (TPSA) is 67.3 Å². The molecule has 0 radical (unpaired) electrons. The lowest BCUT2D eigenvalue weighted by Crippen LogP contribution is -2.35. The molecule has 0 bridgehead atoms. The summed E-state index contributed by atoms with van der Waals surface area (Å²) in [5.74, 6) is 0.821. The lowest BCUT2D eigenvalue weighted by molar-refractivity contribution is -0.118. The Morgan fingerprint density at radius 3 is 3.00 bits per heavy atom. The van der Waals surface area contributed by atoms with E-state index in [-0.39, 0.29) is 12.5 Å². The van der Waals surface area contributed by atoms with Gasteiger partial charge in [-0.05, 0) is 43.9 Å². The van der Waals surface area contributed by atoms with E-state index < -0.39 is 5.82 Å². The number of rotatable bonds is 5. The molecule has 6 nitrogen and oxygen atoms in total. The number of aryl methyl sites for hydroxylation is 1. The average molecular weight is 358 g/mol. The number of ether oxygens (including phenoxy) is 1. The van der Waals surface area contributed by atoms with Crippen LogP contribution in [0.5, 0.6) is 5.88 Å². The van der Waals surface area contributed by atoms with E-state index in [2.05, 4.69) is 27.1 Å². The van der Waals surface area contributed by atoms with Crippen LogP contribution in [0.3, 0.4) is 0 Å². The smallest absolute Gasteiger partial charge is 0.262 e. The monoisotopic (exact) mass is 358 g/mol. The molecular weight excluding hydrogens is 335 g/mol. The molecule has 1 fully saturated rings. The maximum Gasteiger partial charge on any atom is 0.262 e. The van der Waals surface area contributed by atoms with E-state index in [1.54, 1.807) is 12.1 Å². The molecule has 1 N–H and O–H groups in total. The summed E-state index contributed by atoms with van der Waals surface area (Å²) >= 11 is 0. The van der Waals surface area contributed by atoms with Crippen molar-refractivity contribution >= 4 is 17.5 Å². The fraction of sp³-hybridized carbons (Fsp3) is 0.421. The lowest BCUT2D eigenvalue weighted by Gasteiger charge is -2.31. The number of nitrogens with zero attached hydrogens (tertiary/aromatic N) is 3. The zero-order valence-corrected chi connectivity index (χ0v) is 15.0. The van der Waals surface area contributed by atoms with Crippen molar-refractivity contribution in [2.24, 2.45) is 5.92 Å². The van der Waals surface area contributed by atoms with Gasteiger partial charge in [-0.2, -0.15) is 4.98 Å². The predicted octanol–water partition coefficient (Wildman–Crippen LogP) is 3.18. The van der Waals surface area contributed by atoms with Crippen LogP contribution in [-0.4, -0.2) is 35.6 Å². The van der Waals surface area contributed by atoms with Gasteiger partial charge in [-0.25, -0.2) is 9.37 Å². The summed E-state index contributed by atoms with van der Waals surface area (Å²) in [5.41, 5.74) is 1.18. The van der Waals surface area contributed by atoms with E-state index in [1.807, 2.05) is 6.92 Å². The van der Waals surface area contributed by atoms with Crippen molar-refractivity contribution in [1.29, 1.82) is 0 Å². The van der Waals surface area contributed by atoms with Crippen molar-refractivity contribution in [3.05, 3.63) is 41.8 Å². The van der Waals surface area contributed by atoms with Crippen LogP contribution in [0.1, 0.15) is 25.5 Å². The van der Waals surface area contributed by atoms with E-state index in [0.29, 0.717) is 23.4 Å². The molecule has 2 heterocycles. The summed E-state index contributed by atoms with van der Waals surface area (Å²) in [4.78, 5) is 23.1. The Kier molecular flexibility index (Phi) is 5.65. The molecule has 1 atom stereocenters. The van der Waals surface area contributed by atoms with Crippen LogP contribution in [0.2, 0.25) is 0 Å². The Balaban J connectivity index is 1.61. The van der Waals surface area contributed by atoms with Gasteiger partial charge in [-0.15, -0.1) is 0 Å². The first-order valence-corrected chi connectivity index (χ1v) is 8.78. The molecule has 3 rings (SSSR count). The Morgan fingerprint density at radius 1 is 1.38 bits per heavy atom. The molecule has 2 aromatic rings. The van der Waals surface area contributed by atoms with E-state index in [0.717, 1.165) is 25.2 Å². The summed E-state index contributed by atoms with van der Waals surface area (Å²) in [6.07, 6.45) is 2.33. The maximum atomic E-state index is 13.2. The molecule has 1 amide bonds. The van der Waals surface area contributed by atoms with Crippen LogP contribution >= 0.6 is 0 Å². The molecule has 7 heteroatoms. The highest BCUT2D eigenvalue weighted by molar-refractivity contribution is 5.91. The number of amides is 1. The molecule has 1 unspecified atom stereocenters. The molecule has 1 aliphatic rings. The van der Waals surface area contributed by atoms with Crippen molar-refractivity contribution in [2.45, 2.75) is 26.7 Å². The fourth-order valence-electron chi connectivity index (χ4n) is 3.01. The average Bonchev–Trinajstić information content (AvgIpc) is 2.59. The second-order valence-electron chi connectivity index (χ2n) is 6.69. The summed E-state index contributed by atoms with van der Waals surface area (Å²) in [7, 11) is 0. The highest BCUT2D eigenvalue weighted by Crippen LogP contribution is 2.22. The summed E-state index contributed by atoms with van der Waals surface area (Å²) in [6.45, 7) is 5.73. The Bertz CT molecular complexity index is 784. The second kappa shape index (κ2) is 8.12. The third-order valence-corrected chi connectivity index (χ3v) is 4.22. The standard InChI is InChI=1S/C19H23FN4O2/c1-13-5-4-8-24(11-13)19-21-14(2)9-18(23-19)26-12-17(25)22-16-7-3-6-15(20)10-16/h3,6-7,9-10,13H,4-5,8,11-12H2,1-2H3,(H,22,25). The zero-order chi connectivity index (χ0) is 18.5. The van der Waals surface area contributed by atoms with Gasteiger partial charge in [0.15, 0.2) is 6.61 Å². The number of piperidine rings is 1. The number of nitrogens with one attached hydrogen (secondary N) is 1. The molecule has 0 saturated carbocycles. The fourth-order valence-corrected chi connectivity index (χ4v) is 3.01. The summed E-state index contributed by atoms with van der Waals surface area (Å²) < 4.78 is 18.7. The Morgan fingerprint density at radius 2 is 2.23 bits per heavy atom. The van der Waals surface area contributed by atoms with Crippen molar-refractivity contribution in [1.82, 2.24) is 9.97 Å². The van der Waals surface area contributed by atoms with Crippen molar-refractivity contribution in [3.63, 3.8) is 0 Å². The van der Waals surface area contributed by atoms with Gasteiger partial charge in [0.2, 0.25) is 11.8 Å². The van der Waals surface area contributed by atoms with Crippen molar-refractivity contribution in [3.8, 4) is 5.88 Å². The molecule has 1 aromatic carbocycles. The molecule has 0 spiro atoms. The van der Waals surface area contributed by atoms with E-state index >= 15 is 0 Å². The number of hydrogen-bond acceptors (Lipinski definition) is 5. The minimum absolute atomic E-state index is 0.206.